The molecular formula is C65H122N2O7P+. The Kier molecular flexibility index (Phi) is 53.4. The summed E-state index contributed by atoms with van der Waals surface area (Å²) in [6.45, 7) is 6.98. The average molecular weight is 1070 g/mol. The van der Waals surface area contributed by atoms with Gasteiger partial charge in [-0.25, -0.2) is 4.57 Å². The summed E-state index contributed by atoms with van der Waals surface area (Å²) in [4.78, 5) is 37.7. The summed E-state index contributed by atoms with van der Waals surface area (Å²) < 4.78 is 30.7. The van der Waals surface area contributed by atoms with Crippen molar-refractivity contribution >= 4 is 19.7 Å². The first-order chi connectivity index (χ1) is 36.4. The summed E-state index contributed by atoms with van der Waals surface area (Å²) in [7, 11) is 1.48. The number of ether oxygens (including phenoxy) is 1. The molecule has 3 atom stereocenters. The number of amides is 1. The average Bonchev–Trinajstić information content (AvgIpc) is 3.37. The summed E-state index contributed by atoms with van der Waals surface area (Å²) in [6, 6.07) is -0.861. The molecule has 0 spiro atoms. The highest BCUT2D eigenvalue weighted by molar-refractivity contribution is 7.47. The van der Waals surface area contributed by atoms with Crippen LogP contribution in [0.25, 0.3) is 0 Å². The zero-order chi connectivity index (χ0) is 55.0. The van der Waals surface area contributed by atoms with Crippen LogP contribution < -0.4 is 5.32 Å². The Hall–Kier alpha value is -2.29. The minimum absolute atomic E-state index is 0.0345. The Morgan fingerprint density at radius 1 is 0.467 bits per heavy atom. The van der Waals surface area contributed by atoms with Crippen LogP contribution in [0.1, 0.15) is 290 Å². The SMILES string of the molecule is CCCCC/C=C\C/C=C\C/C=C\CCCCCCC(=O)NC(COP(=O)(O)OCC[N+](C)(C)C)C(/C=C/CCCCCCCCCCCCC)OC(=O)CCCCCCCCCCC/C=C/CCCCCCCC. The van der Waals surface area contributed by atoms with Gasteiger partial charge in [-0.1, -0.05) is 242 Å². The molecular weight excluding hydrogens is 952 g/mol. The molecule has 3 unspecified atom stereocenters. The van der Waals surface area contributed by atoms with Gasteiger partial charge in [0.25, 0.3) is 0 Å². The van der Waals surface area contributed by atoms with E-state index in [9.17, 15) is 19.0 Å². The van der Waals surface area contributed by atoms with Crippen LogP contribution in [-0.4, -0.2) is 74.3 Å². The van der Waals surface area contributed by atoms with Gasteiger partial charge in [-0.2, -0.15) is 0 Å². The molecule has 0 aliphatic carbocycles. The third kappa shape index (κ3) is 56.2. The van der Waals surface area contributed by atoms with Crippen LogP contribution in [0, 0.1) is 0 Å². The standard InChI is InChI=1S/C65H121N2O7P/c1-7-10-13-16-19-22-25-28-30-32-33-35-37-40-43-46-49-52-55-58-65(69)74-63(56-53-50-47-44-41-38-27-24-21-18-15-12-9-3)62(61-73-75(70,71)72-60-59-67(4,5)6)66-64(68)57-54-51-48-45-42-39-36-34-31-29-26-23-20-17-14-11-8-2/h20,23,28-31,36,39,53,56,62-63H,7-19,21-22,24-27,32-35,37-38,40-52,54-55,57-61H2,1-6H3,(H-,66,68,70,71)/p+1/b23-20-,30-28+,31-29-,39-36-,56-53+. The highest BCUT2D eigenvalue weighted by Gasteiger charge is 2.30. The largest absolute Gasteiger partial charge is 0.472 e. The molecule has 0 fully saturated rings. The second kappa shape index (κ2) is 55.0. The fraction of sp³-hybridized carbons (Fsp3) is 0.815. The lowest BCUT2D eigenvalue weighted by molar-refractivity contribution is -0.870. The number of unbranched alkanes of at least 4 members (excludes halogenated alkanes) is 33. The van der Waals surface area contributed by atoms with E-state index in [2.05, 4.69) is 74.7 Å². The van der Waals surface area contributed by atoms with Crippen molar-refractivity contribution in [1.29, 1.82) is 0 Å². The van der Waals surface area contributed by atoms with Crippen molar-refractivity contribution in [1.82, 2.24) is 5.32 Å². The molecule has 0 radical (unpaired) electrons. The van der Waals surface area contributed by atoms with Crippen LogP contribution in [-0.2, 0) is 27.9 Å². The van der Waals surface area contributed by atoms with Crippen molar-refractivity contribution in [3.63, 3.8) is 0 Å². The van der Waals surface area contributed by atoms with Gasteiger partial charge in [0.1, 0.15) is 19.3 Å². The molecule has 1 amide bonds. The second-order valence-corrected chi connectivity index (χ2v) is 24.0. The minimum Gasteiger partial charge on any atom is -0.456 e. The number of carbonyl (C=O) groups excluding carboxylic acids is 2. The molecule has 0 rings (SSSR count). The van der Waals surface area contributed by atoms with E-state index in [1.165, 1.54) is 173 Å². The van der Waals surface area contributed by atoms with E-state index in [0.29, 0.717) is 17.4 Å². The number of phosphoric acid groups is 1. The fourth-order valence-corrected chi connectivity index (χ4v) is 9.74. The minimum atomic E-state index is -4.46. The van der Waals surface area contributed by atoms with E-state index in [1.54, 1.807) is 0 Å². The molecule has 10 heteroatoms. The number of allylic oxidation sites excluding steroid dienone is 9. The summed E-state index contributed by atoms with van der Waals surface area (Å²) in [5.41, 5.74) is 0. The van der Waals surface area contributed by atoms with E-state index in [-0.39, 0.29) is 31.5 Å². The molecule has 0 aromatic carbocycles. The number of nitrogens with zero attached hydrogens (tertiary/aromatic N) is 1. The number of likely N-dealkylation sites (N-methyl/N-ethyl adjacent to an activating group) is 1. The predicted molar refractivity (Wildman–Crippen MR) is 323 cm³/mol. The van der Waals surface area contributed by atoms with Gasteiger partial charge in [0.15, 0.2) is 0 Å². The maximum atomic E-state index is 13.5. The molecule has 9 nitrogen and oxygen atoms in total. The Morgan fingerprint density at radius 3 is 1.25 bits per heavy atom. The zero-order valence-electron chi connectivity index (χ0n) is 50.0. The van der Waals surface area contributed by atoms with Gasteiger partial charge in [0, 0.05) is 12.8 Å². The molecule has 0 saturated heterocycles. The Bertz CT molecular complexity index is 1470. The number of nitrogens with one attached hydrogen (secondary N) is 1. The molecule has 0 saturated carbocycles. The number of rotatable bonds is 57. The fourth-order valence-electron chi connectivity index (χ4n) is 9.00. The second-order valence-electron chi connectivity index (χ2n) is 22.6. The lowest BCUT2D eigenvalue weighted by Gasteiger charge is -2.27. The highest BCUT2D eigenvalue weighted by Crippen LogP contribution is 2.43. The van der Waals surface area contributed by atoms with E-state index in [1.807, 2.05) is 33.3 Å². The van der Waals surface area contributed by atoms with Crippen LogP contribution in [0.15, 0.2) is 60.8 Å². The van der Waals surface area contributed by atoms with Gasteiger partial charge < -0.3 is 19.4 Å². The van der Waals surface area contributed by atoms with Gasteiger partial charge in [-0.3, -0.25) is 18.6 Å². The normalized spacial score (nSPS) is 14.1. The van der Waals surface area contributed by atoms with Gasteiger partial charge in [-0.15, -0.1) is 0 Å². The Balaban J connectivity index is 5.31. The molecule has 0 bridgehead atoms. The number of carbonyl (C=O) groups is 2. The van der Waals surface area contributed by atoms with Crippen molar-refractivity contribution in [2.24, 2.45) is 0 Å². The monoisotopic (exact) mass is 1070 g/mol. The lowest BCUT2D eigenvalue weighted by Crippen LogP contribution is -2.47. The summed E-state index contributed by atoms with van der Waals surface area (Å²) >= 11 is 0. The summed E-state index contributed by atoms with van der Waals surface area (Å²) in [6.07, 6.45) is 69.2. The first kappa shape index (κ1) is 72.7. The van der Waals surface area contributed by atoms with Crippen molar-refractivity contribution in [2.75, 3.05) is 40.9 Å². The predicted octanol–water partition coefficient (Wildman–Crippen LogP) is 19.4. The quantitative estimate of drug-likeness (QED) is 0.0205. The lowest BCUT2D eigenvalue weighted by atomic mass is 10.0. The van der Waals surface area contributed by atoms with Gasteiger partial charge in [-0.05, 0) is 96.0 Å². The number of esters is 1. The number of phosphoric ester groups is 1. The van der Waals surface area contributed by atoms with Gasteiger partial charge in [0.2, 0.25) is 5.91 Å². The van der Waals surface area contributed by atoms with Crippen molar-refractivity contribution in [2.45, 2.75) is 303 Å². The van der Waals surface area contributed by atoms with Crippen LogP contribution in [0.4, 0.5) is 0 Å². The molecule has 0 aliphatic heterocycles. The first-order valence-electron chi connectivity index (χ1n) is 31.6. The smallest absolute Gasteiger partial charge is 0.456 e. The van der Waals surface area contributed by atoms with Crippen LogP contribution in [0.5, 0.6) is 0 Å². The van der Waals surface area contributed by atoms with Gasteiger partial charge >= 0.3 is 13.8 Å². The Labute approximate surface area is 464 Å². The van der Waals surface area contributed by atoms with E-state index >= 15 is 0 Å². The number of hydrogen-bond donors (Lipinski definition) is 2. The molecule has 438 valence electrons. The summed E-state index contributed by atoms with van der Waals surface area (Å²) in [5.74, 6) is -0.526. The van der Waals surface area contributed by atoms with Crippen molar-refractivity contribution in [3.8, 4) is 0 Å². The molecule has 75 heavy (non-hydrogen) atoms. The molecule has 0 heterocycles. The van der Waals surface area contributed by atoms with Crippen molar-refractivity contribution < 1.29 is 37.3 Å². The summed E-state index contributed by atoms with van der Waals surface area (Å²) in [5, 5.41) is 3.05. The Morgan fingerprint density at radius 2 is 0.813 bits per heavy atom. The van der Waals surface area contributed by atoms with Crippen LogP contribution >= 0.6 is 7.82 Å². The van der Waals surface area contributed by atoms with E-state index < -0.39 is 20.0 Å². The molecule has 0 aromatic heterocycles. The zero-order valence-corrected chi connectivity index (χ0v) is 50.9. The first-order valence-corrected chi connectivity index (χ1v) is 33.1. The maximum Gasteiger partial charge on any atom is 0.472 e. The molecule has 0 aromatic rings. The van der Waals surface area contributed by atoms with Crippen molar-refractivity contribution in [3.05, 3.63) is 60.8 Å². The number of hydrogen-bond acceptors (Lipinski definition) is 6. The third-order valence-corrected chi connectivity index (χ3v) is 14.9. The molecule has 2 N–H and O–H groups in total. The topological polar surface area (TPSA) is 111 Å². The molecule has 0 aliphatic rings. The van der Waals surface area contributed by atoms with E-state index in [4.69, 9.17) is 13.8 Å². The third-order valence-electron chi connectivity index (χ3n) is 13.9. The highest BCUT2D eigenvalue weighted by atomic mass is 31.2. The van der Waals surface area contributed by atoms with Gasteiger partial charge in [0.05, 0.1) is 33.8 Å². The van der Waals surface area contributed by atoms with Crippen LogP contribution in [0.3, 0.4) is 0 Å². The van der Waals surface area contributed by atoms with Crippen LogP contribution in [0.2, 0.25) is 0 Å². The maximum absolute atomic E-state index is 13.5. The van der Waals surface area contributed by atoms with E-state index in [0.717, 1.165) is 83.5 Å². The number of quaternary nitrogens is 1.